The van der Waals surface area contributed by atoms with Crippen molar-refractivity contribution in [1.82, 2.24) is 24.3 Å². The minimum Gasteiger partial charge on any atom is -0.391 e. The highest BCUT2D eigenvalue weighted by molar-refractivity contribution is 7.90. The van der Waals surface area contributed by atoms with Crippen LogP contribution in [0.3, 0.4) is 0 Å². The standard InChI is InChI=1S/C20H26N4O4S.C13H13NO.C7H13N3O3S/c1-2-15(25)12-24-10-9-18(22-24)29(27,28)23-20(26)21-19-16-7-3-5-13(16)11-14-6-4-8-17(14)19;14-8-15-13-11-5-1-3-9(11)7-10-4-2-6-12(10)13;1-2-6(11)5-10-4-3-7(9-10)14(8,12)13/h9-11,15,25H,2-8,12H2,1H3,(H2,21,23,26);7H,1-6H2;3-4,6,11H,2,5H2,1H3,(H2,8,12,13)/t15-;;6-/m0.0/s1. The molecule has 2 aromatic heterocycles. The molecule has 16 nitrogen and oxygen atoms in total. The van der Waals surface area contributed by atoms with E-state index in [1.807, 2.05) is 20.1 Å². The van der Waals surface area contributed by atoms with Crippen molar-refractivity contribution in [2.75, 3.05) is 5.32 Å². The van der Waals surface area contributed by atoms with E-state index in [2.05, 4.69) is 32.4 Å². The van der Waals surface area contributed by atoms with Crippen LogP contribution in [-0.2, 0) is 84.5 Å². The van der Waals surface area contributed by atoms with Crippen molar-refractivity contribution in [3.05, 3.63) is 81.2 Å². The number of amides is 2. The van der Waals surface area contributed by atoms with E-state index in [1.165, 1.54) is 80.1 Å². The fourth-order valence-corrected chi connectivity index (χ4v) is 9.41. The van der Waals surface area contributed by atoms with Gasteiger partial charge in [-0.05, 0) is 147 Å². The molecule has 4 aliphatic rings. The Kier molecular flexibility index (Phi) is 13.6. The number of aliphatic hydroxyl groups excluding tert-OH is 2. The summed E-state index contributed by atoms with van der Waals surface area (Å²) < 4.78 is 56.8. The van der Waals surface area contributed by atoms with Gasteiger partial charge < -0.3 is 20.3 Å². The molecule has 58 heavy (non-hydrogen) atoms. The molecule has 4 aromatic rings. The van der Waals surface area contributed by atoms with Gasteiger partial charge in [0.1, 0.15) is 5.75 Å². The second kappa shape index (κ2) is 18.4. The molecular formula is C40H52N8O8S2. The number of primary sulfonamides is 1. The van der Waals surface area contributed by atoms with Gasteiger partial charge in [-0.25, -0.2) is 23.1 Å². The third-order valence-electron chi connectivity index (χ3n) is 11.0. The first-order valence-corrected chi connectivity index (χ1v) is 22.9. The Labute approximate surface area is 339 Å². The van der Waals surface area contributed by atoms with Crippen molar-refractivity contribution in [2.24, 2.45) is 5.14 Å². The predicted octanol–water partition coefficient (Wildman–Crippen LogP) is 3.97. The largest absolute Gasteiger partial charge is 0.391 e. The smallest absolute Gasteiger partial charge is 0.333 e. The molecule has 6 N–H and O–H groups in total. The van der Waals surface area contributed by atoms with Crippen LogP contribution < -0.4 is 19.9 Å². The van der Waals surface area contributed by atoms with Crippen LogP contribution in [-0.4, -0.2) is 64.8 Å². The molecule has 0 spiro atoms. The van der Waals surface area contributed by atoms with E-state index in [0.717, 1.165) is 86.8 Å². The summed E-state index contributed by atoms with van der Waals surface area (Å²) in [6, 6.07) is 6.44. The topological polar surface area (TPSA) is 245 Å². The van der Waals surface area contributed by atoms with Crippen molar-refractivity contribution in [2.45, 2.75) is 139 Å². The average Bonchev–Trinajstić information content (AvgIpc) is 4.03. The summed E-state index contributed by atoms with van der Waals surface area (Å²) in [7, 11) is -7.84. The van der Waals surface area contributed by atoms with Gasteiger partial charge in [0.05, 0.1) is 25.3 Å². The molecule has 2 heterocycles. The number of aryl methyl sites for hydroxylation is 4. The van der Waals surface area contributed by atoms with Gasteiger partial charge in [-0.1, -0.05) is 26.0 Å². The molecule has 18 heteroatoms. The number of aliphatic hydroxyl groups is 2. The van der Waals surface area contributed by atoms with Crippen molar-refractivity contribution < 1.29 is 36.6 Å². The Morgan fingerprint density at radius 2 is 1.21 bits per heavy atom. The second-order valence-electron chi connectivity index (χ2n) is 15.1. The number of benzene rings is 2. The summed E-state index contributed by atoms with van der Waals surface area (Å²) in [6.07, 6.45) is 17.6. The number of nitrogens with two attached hydrogens (primary N) is 1. The number of carbonyl (C=O) groups is 1. The van der Waals surface area contributed by atoms with Gasteiger partial charge >= 0.3 is 6.03 Å². The summed E-state index contributed by atoms with van der Waals surface area (Å²) in [5.74, 6) is 0.903. The fraction of sp³-hybridized carbons (Fsp3) is 0.500. The molecule has 312 valence electrons. The number of carbonyl (C=O) groups excluding carboxylic acids is 1. The van der Waals surface area contributed by atoms with Gasteiger partial charge in [-0.3, -0.25) is 9.36 Å². The van der Waals surface area contributed by atoms with Gasteiger partial charge in [0.2, 0.25) is 0 Å². The normalized spacial score (nSPS) is 16.0. The lowest BCUT2D eigenvalue weighted by atomic mass is 9.99. The van der Waals surface area contributed by atoms with Gasteiger partial charge in [-0.2, -0.15) is 18.6 Å². The number of sulfonamides is 2. The molecule has 0 saturated heterocycles. The number of nitrogens with one attached hydrogen (secondary N) is 2. The Morgan fingerprint density at radius 1 is 0.776 bits per heavy atom. The first kappa shape index (κ1) is 42.8. The van der Waals surface area contributed by atoms with E-state index >= 15 is 0 Å². The zero-order valence-corrected chi connectivity index (χ0v) is 34.5. The first-order valence-electron chi connectivity index (χ1n) is 19.9. The Bertz CT molecular complexity index is 2340. The first-order chi connectivity index (χ1) is 27.7. The lowest BCUT2D eigenvalue weighted by molar-refractivity contribution is 0.144. The zero-order valence-electron chi connectivity index (χ0n) is 32.9. The number of nitriles is 1. The van der Waals surface area contributed by atoms with E-state index in [4.69, 9.17) is 15.1 Å². The maximum Gasteiger partial charge on any atom is 0.333 e. The van der Waals surface area contributed by atoms with Crippen LogP contribution in [0.2, 0.25) is 0 Å². The van der Waals surface area contributed by atoms with Crippen molar-refractivity contribution >= 4 is 31.8 Å². The summed E-state index contributed by atoms with van der Waals surface area (Å²) in [5.41, 5.74) is 11.0. The van der Waals surface area contributed by atoms with E-state index in [-0.39, 0.29) is 23.1 Å². The highest BCUT2D eigenvalue weighted by Crippen LogP contribution is 2.40. The Balaban J connectivity index is 0.000000164. The highest BCUT2D eigenvalue weighted by Gasteiger charge is 2.28. The quantitative estimate of drug-likeness (QED) is 0.135. The molecule has 8 rings (SSSR count). The minimum absolute atomic E-state index is 0.180. The summed E-state index contributed by atoms with van der Waals surface area (Å²) >= 11 is 0. The number of anilines is 1. The van der Waals surface area contributed by atoms with Gasteiger partial charge in [0.15, 0.2) is 10.1 Å². The molecule has 2 aromatic carbocycles. The molecule has 0 bridgehead atoms. The number of urea groups is 1. The number of nitrogens with zero attached hydrogens (tertiary/aromatic N) is 5. The number of hydrogen-bond acceptors (Lipinski definition) is 11. The van der Waals surface area contributed by atoms with Crippen LogP contribution in [0.4, 0.5) is 10.5 Å². The third kappa shape index (κ3) is 10.1. The molecular weight excluding hydrogens is 785 g/mol. The molecule has 0 fully saturated rings. The van der Waals surface area contributed by atoms with E-state index in [1.54, 1.807) is 0 Å². The summed E-state index contributed by atoms with van der Waals surface area (Å²) in [6.45, 7) is 4.12. The van der Waals surface area contributed by atoms with Gasteiger partial charge in [-0.15, -0.1) is 5.26 Å². The second-order valence-corrected chi connectivity index (χ2v) is 18.2. The maximum absolute atomic E-state index is 12.6. The Hall–Kier alpha value is -4.80. The van der Waals surface area contributed by atoms with Crippen molar-refractivity contribution in [3.8, 4) is 12.0 Å². The fourth-order valence-electron chi connectivity index (χ4n) is 8.09. The maximum atomic E-state index is 12.6. The van der Waals surface area contributed by atoms with E-state index < -0.39 is 38.3 Å². The summed E-state index contributed by atoms with van der Waals surface area (Å²) in [4.78, 5) is 12.6. The van der Waals surface area contributed by atoms with Gasteiger partial charge in [0.25, 0.3) is 26.3 Å². The molecule has 0 saturated carbocycles. The van der Waals surface area contributed by atoms with Crippen LogP contribution in [0.15, 0.2) is 46.7 Å². The van der Waals surface area contributed by atoms with Crippen LogP contribution >= 0.6 is 0 Å². The van der Waals surface area contributed by atoms with Crippen LogP contribution in [0.25, 0.3) is 0 Å². The number of ether oxygens (including phenoxy) is 1. The average molecular weight is 837 g/mol. The molecule has 4 aliphatic carbocycles. The lowest BCUT2D eigenvalue weighted by Gasteiger charge is -2.16. The Morgan fingerprint density at radius 3 is 1.64 bits per heavy atom. The number of aromatic nitrogens is 4. The SMILES string of the molecule is CC[C@H](O)Cn1ccc(S(=O)(=O)NC(=O)Nc2c3c(cc4c2CCC4)CCC3)n1.CC[C@H](O)Cn1ccc(S(N)(=O)=O)n1.N#COc1c2c(cc3c1CCC3)CCC2. The number of rotatable bonds is 11. The van der Waals surface area contributed by atoms with Crippen molar-refractivity contribution in [3.63, 3.8) is 0 Å². The van der Waals surface area contributed by atoms with E-state index in [0.29, 0.717) is 12.8 Å². The number of hydrogen-bond donors (Lipinski definition) is 5. The number of fused-ring (bicyclic) bond motifs is 4. The summed E-state index contributed by atoms with van der Waals surface area (Å²) in [5, 5.41) is 42.6. The predicted molar refractivity (Wildman–Crippen MR) is 215 cm³/mol. The van der Waals surface area contributed by atoms with Crippen LogP contribution in [0.5, 0.6) is 5.75 Å². The third-order valence-corrected chi connectivity index (χ3v) is 13.1. The van der Waals surface area contributed by atoms with Gasteiger partial charge in [0, 0.05) is 18.1 Å². The molecule has 0 aliphatic heterocycles. The monoisotopic (exact) mass is 836 g/mol. The molecule has 2 amide bonds. The molecule has 0 unspecified atom stereocenters. The minimum atomic E-state index is -4.11. The van der Waals surface area contributed by atoms with Crippen LogP contribution in [0.1, 0.15) is 96.9 Å². The lowest BCUT2D eigenvalue weighted by Crippen LogP contribution is -2.35. The molecule has 2 atom stereocenters. The van der Waals surface area contributed by atoms with E-state index in [9.17, 15) is 31.8 Å². The van der Waals surface area contributed by atoms with Crippen molar-refractivity contribution in [1.29, 1.82) is 5.26 Å². The van der Waals surface area contributed by atoms with Crippen LogP contribution in [0, 0.1) is 11.5 Å². The zero-order chi connectivity index (χ0) is 41.6. The molecule has 0 radical (unpaired) electrons. The highest BCUT2D eigenvalue weighted by atomic mass is 32.2.